The van der Waals surface area contributed by atoms with E-state index in [1.807, 2.05) is 48.5 Å². The normalized spacial score (nSPS) is 17.0. The first kappa shape index (κ1) is 16.6. The van der Waals surface area contributed by atoms with E-state index in [0.717, 1.165) is 27.8 Å². The maximum absolute atomic E-state index is 6.01. The number of ether oxygens (including phenoxy) is 3. The number of hydrogen-bond acceptors (Lipinski definition) is 4. The molecule has 0 saturated heterocycles. The molecule has 4 nitrogen and oxygen atoms in total. The number of nitrogens with one attached hydrogen (secondary N) is 1. The molecule has 0 saturated carbocycles. The van der Waals surface area contributed by atoms with Crippen molar-refractivity contribution in [3.8, 4) is 17.2 Å². The molecule has 126 valence electrons. The number of fused-ring (bicyclic) bond motifs is 1. The molecule has 1 N–H and O–H groups in total. The van der Waals surface area contributed by atoms with Crippen molar-refractivity contribution in [2.45, 2.75) is 25.5 Å². The van der Waals surface area contributed by atoms with Gasteiger partial charge in [0.2, 0.25) is 0 Å². The van der Waals surface area contributed by atoms with Gasteiger partial charge in [-0.3, -0.25) is 0 Å². The molecule has 3 rings (SSSR count). The quantitative estimate of drug-likeness (QED) is 0.843. The molecule has 0 amide bonds. The second-order valence-electron chi connectivity index (χ2n) is 5.80. The fraction of sp³-hybridized carbons (Fsp3) is 0.316. The van der Waals surface area contributed by atoms with E-state index in [1.54, 1.807) is 7.11 Å². The topological polar surface area (TPSA) is 39.7 Å². The lowest BCUT2D eigenvalue weighted by Gasteiger charge is -2.31. The Morgan fingerprint density at radius 1 is 1.25 bits per heavy atom. The predicted octanol–water partition coefficient (Wildman–Crippen LogP) is 3.38. The van der Waals surface area contributed by atoms with Crippen molar-refractivity contribution in [2.75, 3.05) is 13.7 Å². The van der Waals surface area contributed by atoms with E-state index in [-0.39, 0.29) is 12.1 Å². The van der Waals surface area contributed by atoms with Gasteiger partial charge in [0.05, 0.1) is 18.1 Å². The molecule has 1 heterocycles. The van der Waals surface area contributed by atoms with Crippen LogP contribution in [-0.4, -0.2) is 30.9 Å². The summed E-state index contributed by atoms with van der Waals surface area (Å²) < 4.78 is 17.0. The Bertz CT molecular complexity index is 719. The van der Waals surface area contributed by atoms with Crippen LogP contribution >= 0.6 is 12.2 Å². The molecule has 0 radical (unpaired) electrons. The van der Waals surface area contributed by atoms with Crippen molar-refractivity contribution >= 4 is 17.2 Å². The summed E-state index contributed by atoms with van der Waals surface area (Å²) in [5, 5.41) is 3.35. The lowest BCUT2D eigenvalue weighted by molar-refractivity contribution is 0.0717. The standard InChI is InChI=1S/C19H21NO3S/c1-13(18-12-22-16-8-3-4-9-17(16)23-18)20-19(24)11-14-6-5-7-15(10-14)21-2/h3-10,13,18H,11-12H2,1-2H3,(H,20,24)/t13-,18-/m0/s1. The van der Waals surface area contributed by atoms with Gasteiger partial charge in [0.25, 0.3) is 0 Å². The highest BCUT2D eigenvalue weighted by molar-refractivity contribution is 7.80. The van der Waals surface area contributed by atoms with Crippen LogP contribution in [0.4, 0.5) is 0 Å². The van der Waals surface area contributed by atoms with Crippen molar-refractivity contribution in [2.24, 2.45) is 0 Å². The minimum atomic E-state index is -0.0804. The zero-order valence-corrected chi connectivity index (χ0v) is 14.6. The van der Waals surface area contributed by atoms with Crippen molar-refractivity contribution < 1.29 is 14.2 Å². The van der Waals surface area contributed by atoms with Crippen LogP contribution in [0.15, 0.2) is 48.5 Å². The molecule has 2 atom stereocenters. The van der Waals surface area contributed by atoms with Gasteiger partial charge in [0, 0.05) is 6.42 Å². The molecule has 0 unspecified atom stereocenters. The van der Waals surface area contributed by atoms with Gasteiger partial charge in [0.1, 0.15) is 12.4 Å². The van der Waals surface area contributed by atoms with E-state index >= 15 is 0 Å². The van der Waals surface area contributed by atoms with E-state index < -0.39 is 0 Å². The lowest BCUT2D eigenvalue weighted by atomic mass is 10.1. The maximum Gasteiger partial charge on any atom is 0.161 e. The minimum Gasteiger partial charge on any atom is -0.497 e. The second-order valence-corrected chi connectivity index (χ2v) is 6.29. The first-order valence-electron chi connectivity index (χ1n) is 7.96. The van der Waals surface area contributed by atoms with E-state index in [4.69, 9.17) is 26.4 Å². The van der Waals surface area contributed by atoms with Gasteiger partial charge in [0.15, 0.2) is 17.6 Å². The fourth-order valence-electron chi connectivity index (χ4n) is 2.65. The average molecular weight is 343 g/mol. The average Bonchev–Trinajstić information content (AvgIpc) is 2.61. The minimum absolute atomic E-state index is 0.0523. The molecule has 0 fully saturated rings. The highest BCUT2D eigenvalue weighted by Gasteiger charge is 2.26. The Morgan fingerprint density at radius 2 is 2.04 bits per heavy atom. The van der Waals surface area contributed by atoms with Crippen molar-refractivity contribution in [3.63, 3.8) is 0 Å². The smallest absolute Gasteiger partial charge is 0.161 e. The Hall–Kier alpha value is -2.27. The van der Waals surface area contributed by atoms with Crippen LogP contribution in [0.2, 0.25) is 0 Å². The number of benzene rings is 2. The molecule has 1 aliphatic heterocycles. The third kappa shape index (κ3) is 3.97. The van der Waals surface area contributed by atoms with E-state index in [0.29, 0.717) is 13.0 Å². The lowest BCUT2D eigenvalue weighted by Crippen LogP contribution is -2.48. The summed E-state index contributed by atoms with van der Waals surface area (Å²) in [4.78, 5) is 0.776. The first-order chi connectivity index (χ1) is 11.7. The van der Waals surface area contributed by atoms with Crippen molar-refractivity contribution in [3.05, 3.63) is 54.1 Å². The molecule has 5 heteroatoms. The summed E-state index contributed by atoms with van der Waals surface area (Å²) in [6, 6.07) is 15.7. The molecule has 0 bridgehead atoms. The second kappa shape index (κ2) is 7.53. The number of para-hydroxylation sites is 2. The van der Waals surface area contributed by atoms with Gasteiger partial charge < -0.3 is 19.5 Å². The zero-order chi connectivity index (χ0) is 16.9. The summed E-state index contributed by atoms with van der Waals surface area (Å²) in [6.45, 7) is 2.56. The van der Waals surface area contributed by atoms with Crippen LogP contribution in [0, 0.1) is 0 Å². The molecule has 2 aromatic carbocycles. The van der Waals surface area contributed by atoms with Crippen molar-refractivity contribution in [1.29, 1.82) is 0 Å². The molecule has 0 spiro atoms. The van der Waals surface area contributed by atoms with E-state index in [2.05, 4.69) is 12.2 Å². The third-order valence-electron chi connectivity index (χ3n) is 3.98. The van der Waals surface area contributed by atoms with E-state index in [9.17, 15) is 0 Å². The predicted molar refractivity (Wildman–Crippen MR) is 98.2 cm³/mol. The van der Waals surface area contributed by atoms with E-state index in [1.165, 1.54) is 0 Å². The molecule has 1 aliphatic rings. The maximum atomic E-state index is 6.01. The summed E-state index contributed by atoms with van der Waals surface area (Å²) in [5.41, 5.74) is 1.12. The molecule has 24 heavy (non-hydrogen) atoms. The monoisotopic (exact) mass is 343 g/mol. The number of methoxy groups -OCH3 is 1. The largest absolute Gasteiger partial charge is 0.497 e. The summed E-state index contributed by atoms with van der Waals surface area (Å²) in [6.07, 6.45) is 0.587. The first-order valence-corrected chi connectivity index (χ1v) is 8.37. The van der Waals surface area contributed by atoms with Crippen LogP contribution in [-0.2, 0) is 6.42 Å². The van der Waals surface area contributed by atoms with Gasteiger partial charge in [-0.15, -0.1) is 0 Å². The van der Waals surface area contributed by atoms with Crippen LogP contribution in [0.5, 0.6) is 17.2 Å². The fourth-order valence-corrected chi connectivity index (χ4v) is 3.00. The highest BCUT2D eigenvalue weighted by Crippen LogP contribution is 2.31. The highest BCUT2D eigenvalue weighted by atomic mass is 32.1. The Kier molecular flexibility index (Phi) is 5.20. The van der Waals surface area contributed by atoms with Crippen LogP contribution in [0.1, 0.15) is 12.5 Å². The van der Waals surface area contributed by atoms with Gasteiger partial charge in [-0.1, -0.05) is 36.5 Å². The third-order valence-corrected chi connectivity index (χ3v) is 4.24. The van der Waals surface area contributed by atoms with Crippen LogP contribution in [0.3, 0.4) is 0 Å². The molecule has 0 aromatic heterocycles. The van der Waals surface area contributed by atoms with Gasteiger partial charge in [-0.2, -0.15) is 0 Å². The van der Waals surface area contributed by atoms with Crippen molar-refractivity contribution in [1.82, 2.24) is 5.32 Å². The summed E-state index contributed by atoms with van der Waals surface area (Å²) >= 11 is 5.49. The van der Waals surface area contributed by atoms with Gasteiger partial charge in [-0.25, -0.2) is 0 Å². The molecular formula is C19H21NO3S. The SMILES string of the molecule is COc1cccc(CC(=S)N[C@@H](C)[C@@H]2COc3ccccc3O2)c1. The molecule has 0 aliphatic carbocycles. The van der Waals surface area contributed by atoms with Crippen LogP contribution in [0.25, 0.3) is 0 Å². The number of rotatable bonds is 5. The zero-order valence-electron chi connectivity index (χ0n) is 13.8. The van der Waals surface area contributed by atoms with Crippen LogP contribution < -0.4 is 19.5 Å². The Labute approximate surface area is 147 Å². The summed E-state index contributed by atoms with van der Waals surface area (Å²) in [7, 11) is 1.66. The Morgan fingerprint density at radius 3 is 2.83 bits per heavy atom. The summed E-state index contributed by atoms with van der Waals surface area (Å²) in [5.74, 6) is 2.41. The molecular weight excluding hydrogens is 322 g/mol. The number of thiocarbonyl (C=S) groups is 1. The van der Waals surface area contributed by atoms with Gasteiger partial charge in [-0.05, 0) is 36.8 Å². The number of hydrogen-bond donors (Lipinski definition) is 1. The van der Waals surface area contributed by atoms with Gasteiger partial charge >= 0.3 is 0 Å². The Balaban J connectivity index is 1.56. The molecule has 2 aromatic rings.